The monoisotopic (exact) mass is 384 g/mol. The first-order valence-corrected chi connectivity index (χ1v) is 8.39. The summed E-state index contributed by atoms with van der Waals surface area (Å²) in [4.78, 5) is 22.6. The lowest BCUT2D eigenvalue weighted by Gasteiger charge is -2.08. The van der Waals surface area contributed by atoms with Gasteiger partial charge in [-0.25, -0.2) is 0 Å². The van der Waals surface area contributed by atoms with E-state index in [0.29, 0.717) is 41.2 Å². The van der Waals surface area contributed by atoms with Gasteiger partial charge in [-0.15, -0.1) is 0 Å². The SMILES string of the molecule is NC(=O)CCn1ccc(NC(=O)CCCOc2ccc(Cl)cc2Cl)n1. The third-order valence-electron chi connectivity index (χ3n) is 3.20. The van der Waals surface area contributed by atoms with E-state index in [1.165, 1.54) is 0 Å². The zero-order chi connectivity index (χ0) is 18.2. The Kier molecular flexibility index (Phi) is 7.09. The number of primary amides is 1. The summed E-state index contributed by atoms with van der Waals surface area (Å²) in [5.41, 5.74) is 5.08. The number of aryl methyl sites for hydroxylation is 1. The Labute approximate surface area is 155 Å². The number of nitrogens with one attached hydrogen (secondary N) is 1. The number of nitrogens with two attached hydrogens (primary N) is 1. The summed E-state index contributed by atoms with van der Waals surface area (Å²) in [5.74, 6) is 0.378. The molecule has 0 saturated heterocycles. The number of ether oxygens (including phenoxy) is 1. The molecule has 2 rings (SSSR count). The Morgan fingerprint density at radius 2 is 2.04 bits per heavy atom. The molecule has 1 aromatic carbocycles. The van der Waals surface area contributed by atoms with Gasteiger partial charge in [0.15, 0.2) is 5.82 Å². The minimum Gasteiger partial charge on any atom is -0.492 e. The van der Waals surface area contributed by atoms with E-state index in [2.05, 4.69) is 10.4 Å². The highest BCUT2D eigenvalue weighted by Gasteiger charge is 2.07. The fourth-order valence-corrected chi connectivity index (χ4v) is 2.45. The molecule has 0 aliphatic carbocycles. The van der Waals surface area contributed by atoms with Crippen LogP contribution in [0.5, 0.6) is 5.75 Å². The van der Waals surface area contributed by atoms with Gasteiger partial charge in [0, 0.05) is 36.7 Å². The molecule has 0 unspecified atom stereocenters. The average molecular weight is 385 g/mol. The predicted molar refractivity (Wildman–Crippen MR) is 95.9 cm³/mol. The van der Waals surface area contributed by atoms with Gasteiger partial charge in [-0.2, -0.15) is 5.10 Å². The molecule has 7 nitrogen and oxygen atoms in total. The molecule has 0 spiro atoms. The molecule has 0 radical (unpaired) electrons. The summed E-state index contributed by atoms with van der Waals surface area (Å²) in [5, 5.41) is 7.78. The normalized spacial score (nSPS) is 10.5. The number of nitrogens with zero attached hydrogens (tertiary/aromatic N) is 2. The van der Waals surface area contributed by atoms with E-state index in [4.69, 9.17) is 33.7 Å². The second-order valence-electron chi connectivity index (χ2n) is 5.26. The molecule has 3 N–H and O–H groups in total. The largest absolute Gasteiger partial charge is 0.492 e. The number of halogens is 2. The molecular formula is C16H18Cl2N4O3. The Morgan fingerprint density at radius 1 is 1.24 bits per heavy atom. The van der Waals surface area contributed by atoms with E-state index < -0.39 is 5.91 Å². The first kappa shape index (κ1) is 19.1. The quantitative estimate of drug-likeness (QED) is 0.649. The molecule has 9 heteroatoms. The molecule has 134 valence electrons. The Morgan fingerprint density at radius 3 is 2.76 bits per heavy atom. The van der Waals surface area contributed by atoms with Gasteiger partial charge in [-0.1, -0.05) is 23.2 Å². The third-order valence-corrected chi connectivity index (χ3v) is 3.73. The predicted octanol–water partition coefficient (Wildman–Crippen LogP) is 2.86. The van der Waals surface area contributed by atoms with Gasteiger partial charge in [0.2, 0.25) is 11.8 Å². The van der Waals surface area contributed by atoms with E-state index in [-0.39, 0.29) is 18.7 Å². The van der Waals surface area contributed by atoms with Crippen LogP contribution in [0, 0.1) is 0 Å². The highest BCUT2D eigenvalue weighted by molar-refractivity contribution is 6.35. The number of carbonyl (C=O) groups excluding carboxylic acids is 2. The molecule has 0 atom stereocenters. The van der Waals surface area contributed by atoms with Crippen molar-refractivity contribution in [3.63, 3.8) is 0 Å². The molecule has 0 aliphatic rings. The summed E-state index contributed by atoms with van der Waals surface area (Å²) in [6.45, 7) is 0.725. The van der Waals surface area contributed by atoms with Crippen molar-refractivity contribution in [2.24, 2.45) is 5.73 Å². The van der Waals surface area contributed by atoms with E-state index in [1.54, 1.807) is 35.1 Å². The van der Waals surface area contributed by atoms with Gasteiger partial charge < -0.3 is 15.8 Å². The Hall–Kier alpha value is -2.25. The summed E-state index contributed by atoms with van der Waals surface area (Å²) >= 11 is 11.8. The number of aromatic nitrogens is 2. The lowest BCUT2D eigenvalue weighted by Crippen LogP contribution is -2.15. The van der Waals surface area contributed by atoms with Crippen molar-refractivity contribution in [2.75, 3.05) is 11.9 Å². The maximum absolute atomic E-state index is 11.9. The Bertz CT molecular complexity index is 749. The van der Waals surface area contributed by atoms with Crippen molar-refractivity contribution in [1.29, 1.82) is 0 Å². The van der Waals surface area contributed by atoms with Crippen molar-refractivity contribution in [2.45, 2.75) is 25.8 Å². The number of anilines is 1. The number of benzene rings is 1. The Balaban J connectivity index is 1.69. The summed E-state index contributed by atoms with van der Waals surface area (Å²) in [7, 11) is 0. The standard InChI is InChI=1S/C16H18Cl2N4O3/c17-11-3-4-13(12(18)10-11)25-9-1-2-16(24)20-15-6-8-22(21-15)7-5-14(19)23/h3-4,6,8,10H,1-2,5,7,9H2,(H2,19,23)(H,20,21,24). The van der Waals surface area contributed by atoms with Crippen molar-refractivity contribution in [1.82, 2.24) is 9.78 Å². The van der Waals surface area contributed by atoms with Crippen LogP contribution in [0.3, 0.4) is 0 Å². The smallest absolute Gasteiger partial charge is 0.225 e. The summed E-state index contributed by atoms with van der Waals surface area (Å²) < 4.78 is 7.06. The van der Waals surface area contributed by atoms with Gasteiger partial charge in [0.25, 0.3) is 0 Å². The first-order chi connectivity index (χ1) is 11.9. The highest BCUT2D eigenvalue weighted by Crippen LogP contribution is 2.27. The minimum absolute atomic E-state index is 0.175. The molecule has 1 aromatic heterocycles. The maximum atomic E-state index is 11.9. The van der Waals surface area contributed by atoms with E-state index in [9.17, 15) is 9.59 Å². The van der Waals surface area contributed by atoms with Crippen LogP contribution in [0.25, 0.3) is 0 Å². The number of carbonyl (C=O) groups is 2. The van der Waals surface area contributed by atoms with Crippen molar-refractivity contribution in [3.8, 4) is 5.75 Å². The lowest BCUT2D eigenvalue weighted by atomic mass is 10.3. The molecule has 1 heterocycles. The van der Waals surface area contributed by atoms with Crippen LogP contribution in [0.1, 0.15) is 19.3 Å². The van der Waals surface area contributed by atoms with Crippen LogP contribution in [-0.4, -0.2) is 28.2 Å². The molecule has 2 amide bonds. The number of rotatable bonds is 9. The molecule has 0 saturated carbocycles. The lowest BCUT2D eigenvalue weighted by molar-refractivity contribution is -0.118. The molecule has 0 fully saturated rings. The molecular weight excluding hydrogens is 367 g/mol. The fraction of sp³-hybridized carbons (Fsp3) is 0.312. The van der Waals surface area contributed by atoms with Gasteiger partial charge in [-0.3, -0.25) is 14.3 Å². The van der Waals surface area contributed by atoms with Crippen LogP contribution in [0.2, 0.25) is 10.0 Å². The zero-order valence-electron chi connectivity index (χ0n) is 13.4. The topological polar surface area (TPSA) is 99.2 Å². The third kappa shape index (κ3) is 6.64. The minimum atomic E-state index is -0.401. The molecule has 2 aromatic rings. The van der Waals surface area contributed by atoms with Crippen molar-refractivity contribution >= 4 is 40.8 Å². The van der Waals surface area contributed by atoms with Gasteiger partial charge in [0.05, 0.1) is 11.6 Å². The second kappa shape index (κ2) is 9.29. The van der Waals surface area contributed by atoms with Crippen molar-refractivity contribution < 1.29 is 14.3 Å². The van der Waals surface area contributed by atoms with Gasteiger partial charge >= 0.3 is 0 Å². The highest BCUT2D eigenvalue weighted by atomic mass is 35.5. The maximum Gasteiger partial charge on any atom is 0.225 e. The molecule has 0 bridgehead atoms. The van der Waals surface area contributed by atoms with E-state index in [0.717, 1.165) is 0 Å². The first-order valence-electron chi connectivity index (χ1n) is 7.63. The van der Waals surface area contributed by atoms with Crippen molar-refractivity contribution in [3.05, 3.63) is 40.5 Å². The van der Waals surface area contributed by atoms with Gasteiger partial charge in [0.1, 0.15) is 5.75 Å². The molecule has 0 aliphatic heterocycles. The number of hydrogen-bond donors (Lipinski definition) is 2. The fourth-order valence-electron chi connectivity index (χ4n) is 1.99. The number of hydrogen-bond acceptors (Lipinski definition) is 4. The summed E-state index contributed by atoms with van der Waals surface area (Å²) in [6, 6.07) is 6.62. The van der Waals surface area contributed by atoms with Gasteiger partial charge in [-0.05, 0) is 24.6 Å². The average Bonchev–Trinajstić information content (AvgIpc) is 2.98. The van der Waals surface area contributed by atoms with Crippen LogP contribution < -0.4 is 15.8 Å². The number of amides is 2. The van der Waals surface area contributed by atoms with E-state index in [1.807, 2.05) is 0 Å². The summed E-state index contributed by atoms with van der Waals surface area (Å²) in [6.07, 6.45) is 2.66. The van der Waals surface area contributed by atoms with E-state index >= 15 is 0 Å². The van der Waals surface area contributed by atoms with Crippen LogP contribution >= 0.6 is 23.2 Å². The molecule has 25 heavy (non-hydrogen) atoms. The van der Waals surface area contributed by atoms with Crippen LogP contribution in [-0.2, 0) is 16.1 Å². The zero-order valence-corrected chi connectivity index (χ0v) is 14.9. The van der Waals surface area contributed by atoms with Crippen LogP contribution in [0.15, 0.2) is 30.5 Å². The second-order valence-corrected chi connectivity index (χ2v) is 6.10. The van der Waals surface area contributed by atoms with Crippen LogP contribution in [0.4, 0.5) is 5.82 Å².